The zero-order valence-electron chi connectivity index (χ0n) is 20.5. The maximum atomic E-state index is 12.0. The van der Waals surface area contributed by atoms with Crippen LogP contribution in [0.1, 0.15) is 34.7 Å². The maximum Gasteiger partial charge on any atom is 0.296 e. The molecule has 0 bridgehead atoms. The number of rotatable bonds is 6. The molecule has 1 saturated heterocycles. The molecule has 1 fully saturated rings. The Balaban J connectivity index is 1.72. The molecule has 2 aromatic heterocycles. The van der Waals surface area contributed by atoms with Gasteiger partial charge in [0, 0.05) is 17.6 Å². The molecule has 1 aliphatic heterocycles. The number of pyridine rings is 1. The smallest absolute Gasteiger partial charge is 0.296 e. The van der Waals surface area contributed by atoms with E-state index in [0.717, 1.165) is 22.6 Å². The minimum absolute atomic E-state index is 0.0633. The van der Waals surface area contributed by atoms with E-state index in [0.29, 0.717) is 22.2 Å². The van der Waals surface area contributed by atoms with Gasteiger partial charge in [-0.1, -0.05) is 18.2 Å². The fraction of sp³-hybridized carbons (Fsp3) is 0.185. The third kappa shape index (κ3) is 4.15. The lowest BCUT2D eigenvalue weighted by molar-refractivity contribution is -0.384. The molecule has 2 atom stereocenters. The highest BCUT2D eigenvalue weighted by atomic mass is 32.1. The second-order valence-corrected chi connectivity index (χ2v) is 9.15. The van der Waals surface area contributed by atoms with Crippen molar-refractivity contribution in [2.75, 3.05) is 12.0 Å². The average molecular weight is 516 g/mol. The lowest BCUT2D eigenvalue weighted by atomic mass is 9.96. The van der Waals surface area contributed by atoms with Gasteiger partial charge in [0.25, 0.3) is 5.69 Å². The van der Waals surface area contributed by atoms with Gasteiger partial charge in [-0.15, -0.1) is 0 Å². The van der Waals surface area contributed by atoms with Crippen LogP contribution in [-0.4, -0.2) is 31.8 Å². The van der Waals surface area contributed by atoms with Gasteiger partial charge < -0.3 is 24.6 Å². The Bertz CT molecular complexity index is 1500. The summed E-state index contributed by atoms with van der Waals surface area (Å²) >= 11 is 5.76. The third-order valence-corrected chi connectivity index (χ3v) is 6.96. The van der Waals surface area contributed by atoms with Crippen molar-refractivity contribution >= 4 is 28.7 Å². The number of hydrogen-bond acceptors (Lipinski definition) is 6. The Morgan fingerprint density at radius 2 is 1.84 bits per heavy atom. The van der Waals surface area contributed by atoms with Crippen molar-refractivity contribution in [1.82, 2.24) is 14.9 Å². The number of phenols is 1. The first-order valence-corrected chi connectivity index (χ1v) is 12.0. The molecule has 0 spiro atoms. The molecule has 2 N–H and O–H groups in total. The van der Waals surface area contributed by atoms with Gasteiger partial charge in [0.2, 0.25) is 0 Å². The van der Waals surface area contributed by atoms with Crippen molar-refractivity contribution < 1.29 is 14.8 Å². The van der Waals surface area contributed by atoms with Crippen molar-refractivity contribution in [2.24, 2.45) is 0 Å². The van der Waals surface area contributed by atoms with Crippen LogP contribution in [0.15, 0.2) is 72.9 Å². The number of methoxy groups -OCH3 is 1. The molecule has 3 heterocycles. The molecule has 0 radical (unpaired) electrons. The highest BCUT2D eigenvalue weighted by Gasteiger charge is 2.43. The van der Waals surface area contributed by atoms with Crippen molar-refractivity contribution in [3.8, 4) is 17.2 Å². The summed E-state index contributed by atoms with van der Waals surface area (Å²) in [6.45, 7) is 3.83. The SMILES string of the molecule is COc1ccc(-n2c(C)cc([C@@H]3[C@@H](c4ccccn4)NC(=S)N3c3ccccc3O)c2C)c([N+](=O)[O-])c1. The summed E-state index contributed by atoms with van der Waals surface area (Å²) in [5, 5.41) is 26.5. The van der Waals surface area contributed by atoms with Crippen molar-refractivity contribution in [1.29, 1.82) is 0 Å². The molecule has 9 nitrogen and oxygen atoms in total. The summed E-state index contributed by atoms with van der Waals surface area (Å²) in [7, 11) is 1.48. The molecule has 0 aliphatic carbocycles. The Morgan fingerprint density at radius 3 is 2.51 bits per heavy atom. The summed E-state index contributed by atoms with van der Waals surface area (Å²) in [6.07, 6.45) is 1.73. The predicted octanol–water partition coefficient (Wildman–Crippen LogP) is 5.29. The first kappa shape index (κ1) is 24.3. The number of ether oxygens (including phenoxy) is 1. The number of aromatic nitrogens is 2. The molecule has 4 aromatic rings. The van der Waals surface area contributed by atoms with Gasteiger partial charge >= 0.3 is 0 Å². The van der Waals surface area contributed by atoms with Crippen LogP contribution in [-0.2, 0) is 0 Å². The third-order valence-electron chi connectivity index (χ3n) is 6.65. The lowest BCUT2D eigenvalue weighted by Crippen LogP contribution is -2.29. The molecule has 37 heavy (non-hydrogen) atoms. The number of anilines is 1. The van der Waals surface area contributed by atoms with Gasteiger partial charge in [-0.3, -0.25) is 15.1 Å². The number of para-hydroxylation sites is 2. The number of nitro benzene ring substituents is 1. The highest BCUT2D eigenvalue weighted by Crippen LogP contribution is 2.46. The zero-order chi connectivity index (χ0) is 26.3. The predicted molar refractivity (Wildman–Crippen MR) is 144 cm³/mol. The molecular weight excluding hydrogens is 490 g/mol. The van der Waals surface area contributed by atoms with Gasteiger partial charge in [-0.2, -0.15) is 0 Å². The maximum absolute atomic E-state index is 12.0. The largest absolute Gasteiger partial charge is 0.506 e. The van der Waals surface area contributed by atoms with Crippen LogP contribution in [0.2, 0.25) is 0 Å². The Kier molecular flexibility index (Phi) is 6.26. The minimum atomic E-state index is -0.409. The molecule has 2 aromatic carbocycles. The monoisotopic (exact) mass is 515 g/mol. The van der Waals surface area contributed by atoms with Crippen LogP contribution in [0.4, 0.5) is 11.4 Å². The van der Waals surface area contributed by atoms with Crippen LogP contribution in [0.25, 0.3) is 5.69 Å². The fourth-order valence-corrected chi connectivity index (χ4v) is 5.36. The van der Waals surface area contributed by atoms with E-state index in [1.54, 1.807) is 30.5 Å². The first-order valence-electron chi connectivity index (χ1n) is 11.6. The Hall–Kier alpha value is -4.44. The standard InChI is InChI=1S/C27H25N5O4S/c1-16-14-19(17(2)30(16)21-12-11-18(36-3)15-23(21)32(34)35)26-25(20-8-6-7-13-28-20)29-27(37)31(26)22-9-4-5-10-24(22)33/h4-15,25-26,33H,1-3H3,(H,29,37)/t25-,26-/m1/s1. The number of hydrogen-bond donors (Lipinski definition) is 2. The van der Waals surface area contributed by atoms with E-state index in [9.17, 15) is 15.2 Å². The number of thiocarbonyl (C=S) groups is 1. The number of aromatic hydroxyl groups is 1. The number of aryl methyl sites for hydroxylation is 1. The molecule has 0 saturated carbocycles. The summed E-state index contributed by atoms with van der Waals surface area (Å²) in [4.78, 5) is 18.0. The molecule has 10 heteroatoms. The van der Waals surface area contributed by atoms with Gasteiger partial charge in [0.05, 0.1) is 41.6 Å². The number of nitro groups is 1. The molecule has 5 rings (SSSR count). The van der Waals surface area contributed by atoms with Crippen LogP contribution < -0.4 is 15.0 Å². The van der Waals surface area contributed by atoms with E-state index < -0.39 is 4.92 Å². The highest BCUT2D eigenvalue weighted by molar-refractivity contribution is 7.80. The molecule has 1 aliphatic rings. The summed E-state index contributed by atoms with van der Waals surface area (Å²) < 4.78 is 7.09. The van der Waals surface area contributed by atoms with Crippen LogP contribution in [0.5, 0.6) is 11.5 Å². The van der Waals surface area contributed by atoms with Crippen molar-refractivity contribution in [2.45, 2.75) is 25.9 Å². The van der Waals surface area contributed by atoms with E-state index in [2.05, 4.69) is 10.3 Å². The number of benzene rings is 2. The zero-order valence-corrected chi connectivity index (χ0v) is 21.3. The molecule has 0 amide bonds. The van der Waals surface area contributed by atoms with E-state index >= 15 is 0 Å². The molecule has 188 valence electrons. The van der Waals surface area contributed by atoms with E-state index in [1.165, 1.54) is 13.2 Å². The van der Waals surface area contributed by atoms with Crippen LogP contribution in [0, 0.1) is 24.0 Å². The van der Waals surface area contributed by atoms with E-state index in [4.69, 9.17) is 17.0 Å². The first-order chi connectivity index (χ1) is 17.8. The summed E-state index contributed by atoms with van der Waals surface area (Å²) in [5.41, 5.74) is 4.24. The summed E-state index contributed by atoms with van der Waals surface area (Å²) in [5.74, 6) is 0.502. The van der Waals surface area contributed by atoms with Gasteiger partial charge in [-0.25, -0.2) is 0 Å². The quantitative estimate of drug-likeness (QED) is 0.203. The van der Waals surface area contributed by atoms with Crippen LogP contribution >= 0.6 is 12.2 Å². The topological polar surface area (TPSA) is 106 Å². The second-order valence-electron chi connectivity index (χ2n) is 8.76. The van der Waals surface area contributed by atoms with E-state index in [-0.39, 0.29) is 23.5 Å². The van der Waals surface area contributed by atoms with Crippen molar-refractivity contribution in [3.63, 3.8) is 0 Å². The van der Waals surface area contributed by atoms with Gasteiger partial charge in [0.15, 0.2) is 5.11 Å². The molecule has 0 unspecified atom stereocenters. The number of nitrogens with one attached hydrogen (secondary N) is 1. The van der Waals surface area contributed by atoms with Crippen LogP contribution in [0.3, 0.4) is 0 Å². The normalized spacial score (nSPS) is 17.1. The average Bonchev–Trinajstić information content (AvgIpc) is 3.39. The van der Waals surface area contributed by atoms with E-state index in [1.807, 2.05) is 59.7 Å². The lowest BCUT2D eigenvalue weighted by Gasteiger charge is -2.28. The summed E-state index contributed by atoms with van der Waals surface area (Å²) in [6, 6.07) is 18.8. The fourth-order valence-electron chi connectivity index (χ4n) is 5.02. The molecular formula is C27H25N5O4S. The minimum Gasteiger partial charge on any atom is -0.506 e. The Labute approximate surface area is 219 Å². The van der Waals surface area contributed by atoms with Gasteiger partial charge in [-0.05, 0) is 74.1 Å². The second kappa shape index (κ2) is 9.55. The number of phenolic OH excluding ortho intramolecular Hbond substituents is 1. The Morgan fingerprint density at radius 1 is 1.08 bits per heavy atom. The number of nitrogens with zero attached hydrogens (tertiary/aromatic N) is 4. The van der Waals surface area contributed by atoms with Crippen molar-refractivity contribution in [3.05, 3.63) is 106 Å². The van der Waals surface area contributed by atoms with Gasteiger partial charge in [0.1, 0.15) is 17.2 Å².